The molecule has 0 aliphatic heterocycles. The fraction of sp³-hybridized carbons (Fsp3) is 0.667. The van der Waals surface area contributed by atoms with Gasteiger partial charge in [0.2, 0.25) is 0 Å². The Hall–Kier alpha value is 0.440. The summed E-state index contributed by atoms with van der Waals surface area (Å²) in [5, 5.41) is 0.872. The van der Waals surface area contributed by atoms with E-state index < -0.39 is 0 Å². The molecule has 0 rings (SSSR count). The van der Waals surface area contributed by atoms with Gasteiger partial charge in [0.25, 0.3) is 0 Å². The molecular formula is C3H6BrO. The van der Waals surface area contributed by atoms with Crippen molar-refractivity contribution in [3.05, 3.63) is 7.11 Å². The second-order valence-electron chi connectivity index (χ2n) is 0.597. The lowest BCUT2D eigenvalue weighted by atomic mass is 10.9. The van der Waals surface area contributed by atoms with Gasteiger partial charge in [0.1, 0.15) is 0 Å². The molecule has 0 aromatic heterocycles. The van der Waals surface area contributed by atoms with E-state index in [1.165, 1.54) is 0 Å². The largest absolute Gasteiger partial charge is 0.378 e. The summed E-state index contributed by atoms with van der Waals surface area (Å²) in [6.07, 6.45) is 0. The molecule has 1 radical (unpaired) electrons. The van der Waals surface area contributed by atoms with E-state index in [1.54, 1.807) is 0 Å². The molecule has 0 aromatic rings. The lowest BCUT2D eigenvalue weighted by Gasteiger charge is -1.82. The van der Waals surface area contributed by atoms with Gasteiger partial charge in [-0.05, 0) is 0 Å². The van der Waals surface area contributed by atoms with E-state index in [0.717, 1.165) is 5.33 Å². The van der Waals surface area contributed by atoms with Crippen molar-refractivity contribution in [3.63, 3.8) is 0 Å². The minimum atomic E-state index is 0.694. The van der Waals surface area contributed by atoms with Crippen LogP contribution in [0.3, 0.4) is 0 Å². The molecule has 0 heterocycles. The van der Waals surface area contributed by atoms with E-state index in [4.69, 9.17) is 0 Å². The summed E-state index contributed by atoms with van der Waals surface area (Å²) in [6.45, 7) is 0.694. The van der Waals surface area contributed by atoms with Crippen molar-refractivity contribution in [2.45, 2.75) is 0 Å². The number of alkyl halides is 1. The van der Waals surface area contributed by atoms with Crippen molar-refractivity contribution in [2.75, 3.05) is 11.9 Å². The second-order valence-corrected chi connectivity index (χ2v) is 1.39. The third kappa shape index (κ3) is 4.44. The predicted octanol–water partition coefficient (Wildman–Crippen LogP) is 1.19. The summed E-state index contributed by atoms with van der Waals surface area (Å²) < 4.78 is 4.39. The monoisotopic (exact) mass is 137 g/mol. The molecule has 0 saturated carbocycles. The van der Waals surface area contributed by atoms with Gasteiger partial charge in [-0.2, -0.15) is 0 Å². The topological polar surface area (TPSA) is 9.23 Å². The maximum atomic E-state index is 4.39. The molecule has 31 valence electrons. The molecule has 0 amide bonds. The van der Waals surface area contributed by atoms with Gasteiger partial charge in [0.05, 0.1) is 13.7 Å². The molecule has 0 unspecified atom stereocenters. The van der Waals surface area contributed by atoms with Crippen LogP contribution in [0, 0.1) is 7.11 Å². The first-order chi connectivity index (χ1) is 2.41. The molecule has 0 bridgehead atoms. The lowest BCUT2D eigenvalue weighted by molar-refractivity contribution is 0.266. The van der Waals surface area contributed by atoms with Crippen LogP contribution in [0.2, 0.25) is 0 Å². The minimum absolute atomic E-state index is 0.694. The first-order valence-electron chi connectivity index (χ1n) is 1.34. The number of hydrogen-bond donors (Lipinski definition) is 0. The van der Waals surface area contributed by atoms with Crippen LogP contribution in [-0.2, 0) is 4.74 Å². The highest BCUT2D eigenvalue weighted by atomic mass is 79.9. The smallest absolute Gasteiger partial charge is 0.0700 e. The first kappa shape index (κ1) is 5.44. The van der Waals surface area contributed by atoms with Gasteiger partial charge >= 0.3 is 0 Å². The number of halogens is 1. The van der Waals surface area contributed by atoms with Crippen LogP contribution in [0.25, 0.3) is 0 Å². The maximum absolute atomic E-state index is 4.39. The Kier molecular flexibility index (Phi) is 4.83. The Bertz CT molecular complexity index is 14.4. The van der Waals surface area contributed by atoms with Gasteiger partial charge in [-0.3, -0.25) is 0 Å². The fourth-order valence-corrected chi connectivity index (χ4v) is 0.283. The fourth-order valence-electron chi connectivity index (χ4n) is 0.0546. The van der Waals surface area contributed by atoms with E-state index in [-0.39, 0.29) is 0 Å². The average Bonchev–Trinajstić information content (AvgIpc) is 1.41. The molecule has 0 saturated heterocycles. The highest BCUT2D eigenvalue weighted by Crippen LogP contribution is 1.76. The Balaban J connectivity index is 2.19. The Morgan fingerprint density at radius 1 is 1.80 bits per heavy atom. The highest BCUT2D eigenvalue weighted by Gasteiger charge is 1.68. The molecule has 1 nitrogen and oxygen atoms in total. The van der Waals surface area contributed by atoms with Gasteiger partial charge < -0.3 is 4.74 Å². The van der Waals surface area contributed by atoms with Crippen molar-refractivity contribution in [1.29, 1.82) is 0 Å². The van der Waals surface area contributed by atoms with Gasteiger partial charge in [0, 0.05) is 5.33 Å². The van der Waals surface area contributed by atoms with Gasteiger partial charge in [-0.15, -0.1) is 0 Å². The third-order valence-electron chi connectivity index (χ3n) is 0.221. The van der Waals surface area contributed by atoms with Crippen LogP contribution in [0.1, 0.15) is 0 Å². The zero-order chi connectivity index (χ0) is 4.12. The average molecular weight is 138 g/mol. The standard InChI is InChI=1S/C3H6BrO/c1-5-3-2-4/h1-3H2. The zero-order valence-electron chi connectivity index (χ0n) is 2.91. The molecule has 5 heavy (non-hydrogen) atoms. The van der Waals surface area contributed by atoms with E-state index in [2.05, 4.69) is 27.8 Å². The lowest BCUT2D eigenvalue weighted by Crippen LogP contribution is -1.82. The van der Waals surface area contributed by atoms with Crippen LogP contribution >= 0.6 is 15.9 Å². The minimum Gasteiger partial charge on any atom is -0.378 e. The quantitative estimate of drug-likeness (QED) is 0.520. The van der Waals surface area contributed by atoms with Gasteiger partial charge in [0.15, 0.2) is 0 Å². The molecule has 0 aliphatic carbocycles. The molecule has 0 aromatic carbocycles. The summed E-state index contributed by atoms with van der Waals surface area (Å²) in [6, 6.07) is 0. The van der Waals surface area contributed by atoms with Crippen LogP contribution in [0.4, 0.5) is 0 Å². The van der Waals surface area contributed by atoms with Crippen molar-refractivity contribution in [3.8, 4) is 0 Å². The third-order valence-corrected chi connectivity index (χ3v) is 0.545. The molecular weight excluding hydrogens is 132 g/mol. The highest BCUT2D eigenvalue weighted by molar-refractivity contribution is 9.09. The molecule has 0 aliphatic rings. The van der Waals surface area contributed by atoms with E-state index in [1.807, 2.05) is 0 Å². The molecule has 0 spiro atoms. The Morgan fingerprint density at radius 3 is 2.40 bits per heavy atom. The van der Waals surface area contributed by atoms with Crippen LogP contribution in [0.5, 0.6) is 0 Å². The summed E-state index contributed by atoms with van der Waals surface area (Å²) in [4.78, 5) is 0. The van der Waals surface area contributed by atoms with Crippen molar-refractivity contribution in [1.82, 2.24) is 0 Å². The van der Waals surface area contributed by atoms with Gasteiger partial charge in [-0.1, -0.05) is 15.9 Å². The van der Waals surface area contributed by atoms with Crippen molar-refractivity contribution < 1.29 is 4.74 Å². The van der Waals surface area contributed by atoms with E-state index in [0.29, 0.717) is 6.61 Å². The van der Waals surface area contributed by atoms with Crippen LogP contribution in [0.15, 0.2) is 0 Å². The maximum Gasteiger partial charge on any atom is 0.0700 e. The Morgan fingerprint density at radius 2 is 2.40 bits per heavy atom. The summed E-state index contributed by atoms with van der Waals surface area (Å²) in [7, 11) is 3.15. The van der Waals surface area contributed by atoms with Crippen molar-refractivity contribution in [2.24, 2.45) is 0 Å². The Labute approximate surface area is 40.5 Å². The predicted molar refractivity (Wildman–Crippen MR) is 25.1 cm³/mol. The van der Waals surface area contributed by atoms with Crippen LogP contribution < -0.4 is 0 Å². The summed E-state index contributed by atoms with van der Waals surface area (Å²) >= 11 is 3.14. The summed E-state index contributed by atoms with van der Waals surface area (Å²) in [5.74, 6) is 0. The molecule has 2 heteroatoms. The normalized spacial score (nSPS) is 8.40. The molecule has 0 atom stereocenters. The SMILES string of the molecule is [CH2]OCCBr. The second kappa shape index (κ2) is 4.44. The number of rotatable bonds is 2. The first-order valence-corrected chi connectivity index (χ1v) is 2.47. The molecule has 0 N–H and O–H groups in total. The van der Waals surface area contributed by atoms with E-state index >= 15 is 0 Å². The number of hydrogen-bond acceptors (Lipinski definition) is 1. The van der Waals surface area contributed by atoms with Gasteiger partial charge in [-0.25, -0.2) is 0 Å². The van der Waals surface area contributed by atoms with E-state index in [9.17, 15) is 0 Å². The number of ether oxygens (including phenoxy) is 1. The molecule has 0 fully saturated rings. The zero-order valence-corrected chi connectivity index (χ0v) is 4.49. The van der Waals surface area contributed by atoms with Crippen molar-refractivity contribution >= 4 is 15.9 Å². The van der Waals surface area contributed by atoms with Crippen LogP contribution in [-0.4, -0.2) is 11.9 Å². The summed E-state index contributed by atoms with van der Waals surface area (Å²) in [5.41, 5.74) is 0.